The Morgan fingerprint density at radius 3 is 2.35 bits per heavy atom. The Labute approximate surface area is 322 Å². The van der Waals surface area contributed by atoms with Gasteiger partial charge in [-0.2, -0.15) is 12.6 Å². The minimum Gasteiger partial charge on any atom is -0.431 e. The van der Waals surface area contributed by atoms with E-state index < -0.39 is 18.4 Å². The zero-order chi connectivity index (χ0) is 38.0. The molecule has 1 N–H and O–H groups in total. The maximum atomic E-state index is 13.6. The van der Waals surface area contributed by atoms with Gasteiger partial charge in [-0.25, -0.2) is 14.6 Å². The maximum absolute atomic E-state index is 13.6. The molecule has 1 amide bonds. The van der Waals surface area contributed by atoms with Crippen molar-refractivity contribution in [2.24, 2.45) is 0 Å². The van der Waals surface area contributed by atoms with Gasteiger partial charge in [0, 0.05) is 37.2 Å². The second kappa shape index (κ2) is 18.3. The number of hydrogen-bond donors (Lipinski definition) is 2. The molecule has 10 heteroatoms. The summed E-state index contributed by atoms with van der Waals surface area (Å²) in [4.78, 5) is 44.2. The molecule has 1 heterocycles. The van der Waals surface area contributed by atoms with Crippen molar-refractivity contribution in [2.75, 3.05) is 5.75 Å². The number of amides is 1. The van der Waals surface area contributed by atoms with E-state index in [1.165, 1.54) is 6.92 Å². The van der Waals surface area contributed by atoms with Crippen molar-refractivity contribution in [2.45, 2.75) is 97.1 Å². The van der Waals surface area contributed by atoms with E-state index in [0.29, 0.717) is 35.4 Å². The summed E-state index contributed by atoms with van der Waals surface area (Å²) in [5.74, 6) is 0.743. The number of imidazole rings is 1. The Balaban J connectivity index is 1.17. The normalized spacial score (nSPS) is 14.3. The van der Waals surface area contributed by atoms with Crippen LogP contribution in [0.5, 0.6) is 0 Å². The largest absolute Gasteiger partial charge is 0.511 e. The molecule has 282 valence electrons. The van der Waals surface area contributed by atoms with Gasteiger partial charge in [-0.1, -0.05) is 86.1 Å². The summed E-state index contributed by atoms with van der Waals surface area (Å²) < 4.78 is 18.4. The summed E-state index contributed by atoms with van der Waals surface area (Å²) in [5, 5.41) is 3.19. The van der Waals surface area contributed by atoms with E-state index in [-0.39, 0.29) is 18.1 Å². The number of hydrogen-bond acceptors (Lipinski definition) is 8. The molecule has 0 radical (unpaired) electrons. The van der Waals surface area contributed by atoms with Crippen molar-refractivity contribution in [1.82, 2.24) is 14.9 Å². The molecule has 6 rings (SSSR count). The standard InChI is InChI=1S/C44H49N3O6S/c1-4-13-40-46-41-29(2)24-34(42(48)45-35(28-54)25-31-14-7-5-8-15-31)26-39(41)47(40)27-32-20-22-33(23-21-32)37-18-11-12-19-38(37)43(49)51-30(3)52-44(50)53-36-16-9-6-10-17-36/h5,7-8,11-12,14-15,18-24,26,30,35-36,54H,4,6,9-10,13,16-17,25,27-28H2,1-3H3,(H,45,48)/t30?,35-/m1/s1. The van der Waals surface area contributed by atoms with Gasteiger partial charge in [0.25, 0.3) is 5.91 Å². The number of benzene rings is 4. The fourth-order valence-corrected chi connectivity index (χ4v) is 7.32. The fourth-order valence-electron chi connectivity index (χ4n) is 7.10. The molecule has 5 aromatic rings. The third kappa shape index (κ3) is 9.71. The van der Waals surface area contributed by atoms with Crippen LogP contribution < -0.4 is 5.32 Å². The lowest BCUT2D eigenvalue weighted by Gasteiger charge is -2.22. The molecule has 0 bridgehead atoms. The first-order chi connectivity index (χ1) is 26.2. The highest BCUT2D eigenvalue weighted by molar-refractivity contribution is 7.80. The predicted octanol–water partition coefficient (Wildman–Crippen LogP) is 9.27. The van der Waals surface area contributed by atoms with E-state index in [1.807, 2.05) is 73.7 Å². The molecule has 1 aliphatic carbocycles. The summed E-state index contributed by atoms with van der Waals surface area (Å²) in [6.07, 6.45) is 5.15. The smallest absolute Gasteiger partial charge is 0.431 e. The zero-order valence-electron chi connectivity index (χ0n) is 31.3. The van der Waals surface area contributed by atoms with Gasteiger partial charge in [-0.15, -0.1) is 0 Å². The minimum absolute atomic E-state index is 0.114. The Bertz CT molecular complexity index is 2060. The van der Waals surface area contributed by atoms with Crippen molar-refractivity contribution >= 4 is 41.7 Å². The molecule has 2 atom stereocenters. The van der Waals surface area contributed by atoms with Crippen LogP contribution in [0.25, 0.3) is 22.2 Å². The average molecular weight is 748 g/mol. The number of thiol groups is 1. The Morgan fingerprint density at radius 2 is 1.63 bits per heavy atom. The molecule has 0 spiro atoms. The Kier molecular flexibility index (Phi) is 13.1. The summed E-state index contributed by atoms with van der Waals surface area (Å²) >= 11 is 4.53. The first-order valence-electron chi connectivity index (χ1n) is 18.9. The van der Waals surface area contributed by atoms with E-state index in [1.54, 1.807) is 12.1 Å². The Hall–Kier alpha value is -5.09. The van der Waals surface area contributed by atoms with Crippen LogP contribution in [0, 0.1) is 6.92 Å². The quantitative estimate of drug-likeness (QED) is 0.0663. The summed E-state index contributed by atoms with van der Waals surface area (Å²) in [6, 6.07) is 29.1. The highest BCUT2D eigenvalue weighted by Gasteiger charge is 2.24. The molecule has 0 saturated heterocycles. The SMILES string of the molecule is CCCc1nc2c(C)cc(C(=O)N[C@@H](CS)Cc3ccccc3)cc2n1Cc1ccc(-c2ccccc2C(=O)OC(C)OC(=O)OC2CCCCC2)cc1. The lowest BCUT2D eigenvalue weighted by molar-refractivity contribution is -0.0914. The number of esters is 1. The predicted molar refractivity (Wildman–Crippen MR) is 214 cm³/mol. The summed E-state index contributed by atoms with van der Waals surface area (Å²) in [7, 11) is 0. The molecule has 9 nitrogen and oxygen atoms in total. The number of nitrogens with zero attached hydrogens (tertiary/aromatic N) is 2. The molecule has 1 saturated carbocycles. The monoisotopic (exact) mass is 747 g/mol. The van der Waals surface area contributed by atoms with Crippen LogP contribution in [0.3, 0.4) is 0 Å². The van der Waals surface area contributed by atoms with Gasteiger partial charge in [0.15, 0.2) is 0 Å². The fraction of sp³-hybridized carbons (Fsp3) is 0.364. The van der Waals surface area contributed by atoms with E-state index in [4.69, 9.17) is 19.2 Å². The van der Waals surface area contributed by atoms with Gasteiger partial charge in [0.2, 0.25) is 6.29 Å². The van der Waals surface area contributed by atoms with Gasteiger partial charge in [-0.3, -0.25) is 4.79 Å². The van der Waals surface area contributed by atoms with E-state index in [2.05, 4.69) is 41.6 Å². The topological polar surface area (TPSA) is 109 Å². The van der Waals surface area contributed by atoms with Gasteiger partial charge >= 0.3 is 12.1 Å². The lowest BCUT2D eigenvalue weighted by Crippen LogP contribution is -2.37. The van der Waals surface area contributed by atoms with Gasteiger partial charge in [0.05, 0.1) is 16.6 Å². The molecule has 1 aromatic heterocycles. The van der Waals surface area contributed by atoms with Crippen LogP contribution in [0.1, 0.15) is 95.6 Å². The number of fused-ring (bicyclic) bond motifs is 1. The second-order valence-corrected chi connectivity index (χ2v) is 14.4. The van der Waals surface area contributed by atoms with Crippen LogP contribution >= 0.6 is 12.6 Å². The van der Waals surface area contributed by atoms with E-state index in [0.717, 1.165) is 84.1 Å². The van der Waals surface area contributed by atoms with Crippen molar-refractivity contribution < 1.29 is 28.6 Å². The number of carbonyl (C=O) groups excluding carboxylic acids is 3. The third-order valence-electron chi connectivity index (χ3n) is 9.84. The van der Waals surface area contributed by atoms with Gasteiger partial charge < -0.3 is 24.1 Å². The second-order valence-electron chi connectivity index (χ2n) is 14.0. The average Bonchev–Trinajstić information content (AvgIpc) is 3.52. The number of carbonyl (C=O) groups is 3. The maximum Gasteiger partial charge on any atom is 0.511 e. The van der Waals surface area contributed by atoms with E-state index >= 15 is 0 Å². The number of nitrogens with one attached hydrogen (secondary N) is 1. The lowest BCUT2D eigenvalue weighted by atomic mass is 9.98. The zero-order valence-corrected chi connectivity index (χ0v) is 32.1. The highest BCUT2D eigenvalue weighted by Crippen LogP contribution is 2.28. The van der Waals surface area contributed by atoms with Crippen LogP contribution in [-0.2, 0) is 33.6 Å². The molecule has 1 fully saturated rings. The molecule has 1 aliphatic rings. The van der Waals surface area contributed by atoms with Crippen LogP contribution in [0.2, 0.25) is 0 Å². The molecule has 0 aliphatic heterocycles. The molecule has 1 unspecified atom stereocenters. The number of aromatic nitrogens is 2. The Morgan fingerprint density at radius 1 is 0.907 bits per heavy atom. The third-order valence-corrected chi connectivity index (χ3v) is 10.3. The van der Waals surface area contributed by atoms with Crippen molar-refractivity contribution in [3.05, 3.63) is 125 Å². The van der Waals surface area contributed by atoms with Crippen LogP contribution in [0.4, 0.5) is 4.79 Å². The highest BCUT2D eigenvalue weighted by atomic mass is 32.1. The summed E-state index contributed by atoms with van der Waals surface area (Å²) in [5.41, 5.74) is 7.40. The molecular formula is C44H49N3O6S. The number of aryl methyl sites for hydroxylation is 2. The molecule has 4 aromatic carbocycles. The van der Waals surface area contributed by atoms with Gasteiger partial charge in [0.1, 0.15) is 11.9 Å². The van der Waals surface area contributed by atoms with Crippen molar-refractivity contribution in [3.63, 3.8) is 0 Å². The van der Waals surface area contributed by atoms with Crippen LogP contribution in [0.15, 0.2) is 91.0 Å². The molecule has 54 heavy (non-hydrogen) atoms. The number of rotatable bonds is 14. The minimum atomic E-state index is -1.11. The van der Waals surface area contributed by atoms with Crippen molar-refractivity contribution in [1.29, 1.82) is 0 Å². The number of ether oxygens (including phenoxy) is 3. The van der Waals surface area contributed by atoms with E-state index in [9.17, 15) is 14.4 Å². The van der Waals surface area contributed by atoms with Crippen molar-refractivity contribution in [3.8, 4) is 11.1 Å². The molecular weight excluding hydrogens is 699 g/mol. The summed E-state index contributed by atoms with van der Waals surface area (Å²) in [6.45, 7) is 6.19. The van der Waals surface area contributed by atoms with Crippen LogP contribution in [-0.4, -0.2) is 51.8 Å². The first-order valence-corrected chi connectivity index (χ1v) is 19.6. The first kappa shape index (κ1) is 38.6. The van der Waals surface area contributed by atoms with Gasteiger partial charge in [-0.05, 0) is 91.5 Å².